The van der Waals surface area contributed by atoms with Gasteiger partial charge in [0.05, 0.1) is 28.7 Å². The Kier molecular flexibility index (Phi) is 5.85. The second-order valence-electron chi connectivity index (χ2n) is 5.79. The highest BCUT2D eigenvalue weighted by Gasteiger charge is 2.12. The van der Waals surface area contributed by atoms with Crippen molar-refractivity contribution in [3.8, 4) is 5.75 Å². The largest absolute Gasteiger partial charge is 0.492 e. The average Bonchev–Trinajstić information content (AvgIpc) is 2.68. The summed E-state index contributed by atoms with van der Waals surface area (Å²) in [4.78, 5) is 38.9. The number of aromatic nitrogens is 2. The summed E-state index contributed by atoms with van der Waals surface area (Å²) in [6.07, 6.45) is 1.24. The third kappa shape index (κ3) is 4.63. The molecule has 28 heavy (non-hydrogen) atoms. The van der Waals surface area contributed by atoms with Gasteiger partial charge in [-0.25, -0.2) is 4.98 Å². The molecule has 144 valence electrons. The molecule has 0 aliphatic carbocycles. The Morgan fingerprint density at radius 2 is 2.00 bits per heavy atom. The van der Waals surface area contributed by atoms with E-state index >= 15 is 0 Å². The maximum Gasteiger partial charge on any atom is 0.270 e. The molecule has 0 saturated heterocycles. The zero-order valence-electron chi connectivity index (χ0n) is 14.5. The second-order valence-corrected chi connectivity index (χ2v) is 6.22. The number of carbonyl (C=O) groups is 1. The van der Waals surface area contributed by atoms with Crippen molar-refractivity contribution in [2.75, 3.05) is 13.2 Å². The SMILES string of the molecule is O=C(Cn1cnc2ccc([N+](=O)[O-])cc2c1=O)NCCOc1ccc(Cl)cc1. The number of nitrogens with zero attached hydrogens (tertiary/aromatic N) is 3. The third-order valence-corrected chi connectivity index (χ3v) is 4.09. The van der Waals surface area contributed by atoms with Crippen LogP contribution in [0.5, 0.6) is 5.75 Å². The van der Waals surface area contributed by atoms with Crippen molar-refractivity contribution in [1.29, 1.82) is 0 Å². The highest BCUT2D eigenvalue weighted by molar-refractivity contribution is 6.30. The number of nitro benzene ring substituents is 1. The Hall–Kier alpha value is -3.46. The molecular weight excluding hydrogens is 388 g/mol. The van der Waals surface area contributed by atoms with Crippen LogP contribution in [0.1, 0.15) is 0 Å². The van der Waals surface area contributed by atoms with Gasteiger partial charge in [0.1, 0.15) is 18.9 Å². The number of nitrogens with one attached hydrogen (secondary N) is 1. The number of amides is 1. The number of hydrogen-bond donors (Lipinski definition) is 1. The molecule has 0 aliphatic rings. The van der Waals surface area contributed by atoms with Crippen molar-refractivity contribution < 1.29 is 14.5 Å². The first-order valence-electron chi connectivity index (χ1n) is 8.23. The quantitative estimate of drug-likeness (QED) is 0.367. The van der Waals surface area contributed by atoms with Crippen LogP contribution in [0, 0.1) is 10.1 Å². The molecule has 10 heteroatoms. The average molecular weight is 403 g/mol. The molecule has 0 radical (unpaired) electrons. The summed E-state index contributed by atoms with van der Waals surface area (Å²) < 4.78 is 6.56. The highest BCUT2D eigenvalue weighted by atomic mass is 35.5. The van der Waals surface area contributed by atoms with E-state index in [0.29, 0.717) is 16.3 Å². The van der Waals surface area contributed by atoms with E-state index in [1.807, 2.05) is 0 Å². The number of halogens is 1. The Morgan fingerprint density at radius 3 is 2.71 bits per heavy atom. The van der Waals surface area contributed by atoms with E-state index in [4.69, 9.17) is 16.3 Å². The number of nitro groups is 1. The minimum absolute atomic E-state index is 0.0792. The van der Waals surface area contributed by atoms with Crippen LogP contribution in [-0.4, -0.2) is 33.5 Å². The fraction of sp³-hybridized carbons (Fsp3) is 0.167. The van der Waals surface area contributed by atoms with Gasteiger partial charge in [0, 0.05) is 17.2 Å². The zero-order valence-corrected chi connectivity index (χ0v) is 15.3. The van der Waals surface area contributed by atoms with Crippen LogP contribution in [-0.2, 0) is 11.3 Å². The smallest absolute Gasteiger partial charge is 0.270 e. The maximum absolute atomic E-state index is 12.5. The summed E-state index contributed by atoms with van der Waals surface area (Å²) >= 11 is 5.79. The van der Waals surface area contributed by atoms with Gasteiger partial charge in [-0.3, -0.25) is 24.3 Å². The summed E-state index contributed by atoms with van der Waals surface area (Å²) in [5.74, 6) is 0.212. The summed E-state index contributed by atoms with van der Waals surface area (Å²) in [5.41, 5.74) is -0.419. The van der Waals surface area contributed by atoms with Gasteiger partial charge in [-0.15, -0.1) is 0 Å². The summed E-state index contributed by atoms with van der Waals surface area (Å²) in [6, 6.07) is 10.6. The molecule has 0 atom stereocenters. The van der Waals surface area contributed by atoms with Gasteiger partial charge in [-0.1, -0.05) is 11.6 Å². The van der Waals surface area contributed by atoms with Gasteiger partial charge in [0.2, 0.25) is 5.91 Å². The predicted molar refractivity (Wildman–Crippen MR) is 103 cm³/mol. The molecule has 2 aromatic carbocycles. The molecule has 1 amide bonds. The molecule has 1 heterocycles. The maximum atomic E-state index is 12.5. The van der Waals surface area contributed by atoms with Crippen molar-refractivity contribution in [3.05, 3.63) is 74.3 Å². The topological polar surface area (TPSA) is 116 Å². The van der Waals surface area contributed by atoms with Gasteiger partial charge in [0.25, 0.3) is 11.2 Å². The minimum atomic E-state index is -0.594. The fourth-order valence-corrected chi connectivity index (χ4v) is 2.60. The van der Waals surface area contributed by atoms with Crippen molar-refractivity contribution in [2.24, 2.45) is 0 Å². The number of rotatable bonds is 7. The lowest BCUT2D eigenvalue weighted by atomic mass is 10.2. The van der Waals surface area contributed by atoms with E-state index in [1.54, 1.807) is 24.3 Å². The number of hydrogen-bond acceptors (Lipinski definition) is 6. The van der Waals surface area contributed by atoms with E-state index in [-0.39, 0.29) is 30.8 Å². The molecule has 0 aliphatic heterocycles. The van der Waals surface area contributed by atoms with Crippen LogP contribution in [0.15, 0.2) is 53.6 Å². The lowest BCUT2D eigenvalue weighted by Gasteiger charge is -2.09. The summed E-state index contributed by atoms with van der Waals surface area (Å²) in [5, 5.41) is 14.2. The zero-order chi connectivity index (χ0) is 20.1. The first kappa shape index (κ1) is 19.3. The van der Waals surface area contributed by atoms with Crippen LogP contribution < -0.4 is 15.6 Å². The standard InChI is InChI=1S/C18H15ClN4O5/c19-12-1-4-14(5-2-12)28-8-7-20-17(24)10-22-11-21-16-6-3-13(23(26)27)9-15(16)18(22)25/h1-6,9,11H,7-8,10H2,(H,20,24). The van der Waals surface area contributed by atoms with Crippen molar-refractivity contribution in [1.82, 2.24) is 14.9 Å². The Bertz CT molecular complexity index is 1080. The normalized spacial score (nSPS) is 10.6. The van der Waals surface area contributed by atoms with Crippen LogP contribution in [0.4, 0.5) is 5.69 Å². The summed E-state index contributed by atoms with van der Waals surface area (Å²) in [6.45, 7) is 0.221. The predicted octanol–water partition coefficient (Wildman–Crippen LogP) is 2.15. The van der Waals surface area contributed by atoms with Crippen LogP contribution >= 0.6 is 11.6 Å². The molecule has 0 spiro atoms. The summed E-state index contributed by atoms with van der Waals surface area (Å²) in [7, 11) is 0. The van der Waals surface area contributed by atoms with E-state index in [9.17, 15) is 19.7 Å². The monoisotopic (exact) mass is 402 g/mol. The molecule has 3 aromatic rings. The first-order chi connectivity index (χ1) is 13.4. The van der Waals surface area contributed by atoms with Gasteiger partial charge >= 0.3 is 0 Å². The van der Waals surface area contributed by atoms with Crippen LogP contribution in [0.25, 0.3) is 10.9 Å². The van der Waals surface area contributed by atoms with Gasteiger partial charge in [0.15, 0.2) is 0 Å². The molecule has 0 saturated carbocycles. The van der Waals surface area contributed by atoms with Gasteiger partial charge in [-0.2, -0.15) is 0 Å². The molecule has 1 aromatic heterocycles. The van der Waals surface area contributed by atoms with Gasteiger partial charge in [-0.05, 0) is 30.3 Å². The van der Waals surface area contributed by atoms with Crippen molar-refractivity contribution in [2.45, 2.75) is 6.54 Å². The number of ether oxygens (including phenoxy) is 1. The lowest BCUT2D eigenvalue weighted by molar-refractivity contribution is -0.384. The fourth-order valence-electron chi connectivity index (χ4n) is 2.47. The van der Waals surface area contributed by atoms with E-state index in [2.05, 4.69) is 10.3 Å². The highest BCUT2D eigenvalue weighted by Crippen LogP contribution is 2.16. The van der Waals surface area contributed by atoms with Crippen LogP contribution in [0.2, 0.25) is 5.02 Å². The van der Waals surface area contributed by atoms with E-state index in [1.165, 1.54) is 18.5 Å². The number of benzene rings is 2. The van der Waals surface area contributed by atoms with Crippen molar-refractivity contribution >= 4 is 34.1 Å². The number of non-ortho nitro benzene ring substituents is 1. The molecule has 1 N–H and O–H groups in total. The Labute approximate surface area is 163 Å². The Morgan fingerprint density at radius 1 is 1.25 bits per heavy atom. The minimum Gasteiger partial charge on any atom is -0.492 e. The molecular formula is C18H15ClN4O5. The first-order valence-corrected chi connectivity index (χ1v) is 8.60. The lowest BCUT2D eigenvalue weighted by Crippen LogP contribution is -2.34. The van der Waals surface area contributed by atoms with Crippen LogP contribution in [0.3, 0.4) is 0 Å². The number of carbonyl (C=O) groups excluding carboxylic acids is 1. The number of fused-ring (bicyclic) bond motifs is 1. The third-order valence-electron chi connectivity index (χ3n) is 3.84. The molecule has 0 fully saturated rings. The Balaban J connectivity index is 1.59. The molecule has 9 nitrogen and oxygen atoms in total. The van der Waals surface area contributed by atoms with E-state index < -0.39 is 16.4 Å². The van der Waals surface area contributed by atoms with Gasteiger partial charge < -0.3 is 10.1 Å². The molecule has 0 bridgehead atoms. The van der Waals surface area contributed by atoms with Crippen molar-refractivity contribution in [3.63, 3.8) is 0 Å². The molecule has 0 unspecified atom stereocenters. The second kappa shape index (κ2) is 8.49. The van der Waals surface area contributed by atoms with E-state index in [0.717, 1.165) is 10.6 Å². The molecule has 3 rings (SSSR count).